The normalized spacial score (nSPS) is 23.2. The summed E-state index contributed by atoms with van der Waals surface area (Å²) < 4.78 is 2.47. The van der Waals surface area contributed by atoms with E-state index in [1.54, 1.807) is 0 Å². The topological polar surface area (TPSA) is 18.3 Å². The summed E-state index contributed by atoms with van der Waals surface area (Å²) in [6.45, 7) is 11.6. The van der Waals surface area contributed by atoms with Crippen LogP contribution in [0.4, 0.5) is 0 Å². The SMILES string of the molecule is CC(C)(C)N1CC[N+]2=C1NCCC2. The maximum atomic E-state index is 3.51. The third kappa shape index (κ3) is 1.52. The second-order valence-electron chi connectivity index (χ2n) is 4.91. The molecule has 0 spiro atoms. The third-order valence-corrected chi connectivity index (χ3v) is 2.85. The van der Waals surface area contributed by atoms with Gasteiger partial charge in [-0.25, -0.2) is 0 Å². The van der Waals surface area contributed by atoms with Crippen LogP contribution in [0, 0.1) is 0 Å². The predicted octanol–water partition coefficient (Wildman–Crippen LogP) is 0.462. The molecule has 0 saturated carbocycles. The van der Waals surface area contributed by atoms with Crippen LogP contribution in [0.1, 0.15) is 27.2 Å². The van der Waals surface area contributed by atoms with Crippen molar-refractivity contribution in [3.05, 3.63) is 0 Å². The van der Waals surface area contributed by atoms with E-state index in [1.165, 1.54) is 32.0 Å². The third-order valence-electron chi connectivity index (χ3n) is 2.85. The van der Waals surface area contributed by atoms with E-state index in [1.807, 2.05) is 0 Å². The Morgan fingerprint density at radius 1 is 1.31 bits per heavy atom. The molecule has 0 amide bonds. The van der Waals surface area contributed by atoms with Gasteiger partial charge in [0.05, 0.1) is 31.7 Å². The highest BCUT2D eigenvalue weighted by atomic mass is 15.4. The molecular formula is C10H20N3+. The van der Waals surface area contributed by atoms with Crippen LogP contribution >= 0.6 is 0 Å². The van der Waals surface area contributed by atoms with Gasteiger partial charge in [0, 0.05) is 6.42 Å². The molecule has 0 aromatic rings. The zero-order valence-electron chi connectivity index (χ0n) is 8.93. The number of rotatable bonds is 0. The maximum absolute atomic E-state index is 3.51. The highest BCUT2D eigenvalue weighted by Gasteiger charge is 2.38. The number of nitrogens with zero attached hydrogens (tertiary/aromatic N) is 2. The summed E-state index contributed by atoms with van der Waals surface area (Å²) in [5.41, 5.74) is 0.258. The van der Waals surface area contributed by atoms with Gasteiger partial charge >= 0.3 is 5.96 Å². The van der Waals surface area contributed by atoms with Gasteiger partial charge in [-0.2, -0.15) is 0 Å². The van der Waals surface area contributed by atoms with Gasteiger partial charge in [0.1, 0.15) is 0 Å². The van der Waals surface area contributed by atoms with Crippen molar-refractivity contribution in [2.45, 2.75) is 32.7 Å². The van der Waals surface area contributed by atoms with Crippen molar-refractivity contribution in [1.29, 1.82) is 0 Å². The Morgan fingerprint density at radius 2 is 2.08 bits per heavy atom. The van der Waals surface area contributed by atoms with Crippen molar-refractivity contribution in [1.82, 2.24) is 10.2 Å². The van der Waals surface area contributed by atoms with Crippen molar-refractivity contribution in [3.63, 3.8) is 0 Å². The highest BCUT2D eigenvalue weighted by molar-refractivity contribution is 5.77. The lowest BCUT2D eigenvalue weighted by Crippen LogP contribution is -2.52. The summed E-state index contributed by atoms with van der Waals surface area (Å²) in [5.74, 6) is 1.36. The van der Waals surface area contributed by atoms with Crippen LogP contribution in [-0.2, 0) is 0 Å². The lowest BCUT2D eigenvalue weighted by molar-refractivity contribution is -0.523. The monoisotopic (exact) mass is 182 g/mol. The van der Waals surface area contributed by atoms with E-state index in [9.17, 15) is 0 Å². The van der Waals surface area contributed by atoms with Crippen molar-refractivity contribution in [3.8, 4) is 0 Å². The molecule has 74 valence electrons. The Hall–Kier alpha value is -0.730. The molecule has 3 nitrogen and oxygen atoms in total. The van der Waals surface area contributed by atoms with E-state index in [2.05, 4.69) is 35.6 Å². The molecule has 0 atom stereocenters. The van der Waals surface area contributed by atoms with Crippen molar-refractivity contribution in [2.75, 3.05) is 26.2 Å². The summed E-state index contributed by atoms with van der Waals surface area (Å²) in [6, 6.07) is 0. The second-order valence-corrected chi connectivity index (χ2v) is 4.91. The van der Waals surface area contributed by atoms with E-state index in [4.69, 9.17) is 0 Å². The second kappa shape index (κ2) is 2.89. The Labute approximate surface area is 80.4 Å². The molecule has 0 aromatic carbocycles. The molecule has 0 fully saturated rings. The fraction of sp³-hybridized carbons (Fsp3) is 0.900. The predicted molar refractivity (Wildman–Crippen MR) is 54.1 cm³/mol. The van der Waals surface area contributed by atoms with E-state index in [-0.39, 0.29) is 5.54 Å². The largest absolute Gasteiger partial charge is 0.348 e. The van der Waals surface area contributed by atoms with Gasteiger partial charge in [0.2, 0.25) is 0 Å². The van der Waals surface area contributed by atoms with E-state index in [0.717, 1.165) is 6.54 Å². The average Bonchev–Trinajstić information content (AvgIpc) is 2.45. The molecule has 2 aliphatic heterocycles. The van der Waals surface area contributed by atoms with Crippen molar-refractivity contribution in [2.24, 2.45) is 0 Å². The van der Waals surface area contributed by atoms with Crippen LogP contribution in [-0.4, -0.2) is 47.2 Å². The lowest BCUT2D eigenvalue weighted by atomic mass is 10.1. The Bertz CT molecular complexity index is 237. The standard InChI is InChI=1S/C10H19N3/c1-10(2,3)13-8-7-12-6-4-5-11-9(12)13/h4-8H2,1-3H3/p+1. The average molecular weight is 182 g/mol. The summed E-state index contributed by atoms with van der Waals surface area (Å²) in [7, 11) is 0. The molecular weight excluding hydrogens is 162 g/mol. The molecule has 0 unspecified atom stereocenters. The first-order valence-electron chi connectivity index (χ1n) is 5.22. The molecule has 2 aliphatic rings. The van der Waals surface area contributed by atoms with Gasteiger partial charge in [-0.1, -0.05) is 0 Å². The maximum Gasteiger partial charge on any atom is 0.348 e. The zero-order chi connectivity index (χ0) is 9.47. The minimum atomic E-state index is 0.258. The highest BCUT2D eigenvalue weighted by Crippen LogP contribution is 2.17. The zero-order valence-corrected chi connectivity index (χ0v) is 8.93. The lowest BCUT2D eigenvalue weighted by Gasteiger charge is -2.29. The minimum absolute atomic E-state index is 0.258. The summed E-state index contributed by atoms with van der Waals surface area (Å²) >= 11 is 0. The van der Waals surface area contributed by atoms with Gasteiger partial charge in [-0.3, -0.25) is 14.8 Å². The molecule has 0 aromatic heterocycles. The first kappa shape index (κ1) is 8.85. The number of guanidine groups is 1. The molecule has 2 rings (SSSR count). The van der Waals surface area contributed by atoms with Crippen LogP contribution in [0.15, 0.2) is 0 Å². The van der Waals surface area contributed by atoms with E-state index >= 15 is 0 Å². The van der Waals surface area contributed by atoms with E-state index < -0.39 is 0 Å². The summed E-state index contributed by atoms with van der Waals surface area (Å²) in [6.07, 6.45) is 1.28. The van der Waals surface area contributed by atoms with Crippen molar-refractivity contribution >= 4 is 5.96 Å². The van der Waals surface area contributed by atoms with Gasteiger partial charge in [0.15, 0.2) is 0 Å². The van der Waals surface area contributed by atoms with Crippen LogP contribution in [0.25, 0.3) is 0 Å². The molecule has 0 bridgehead atoms. The molecule has 0 saturated heterocycles. The van der Waals surface area contributed by atoms with Crippen LogP contribution < -0.4 is 5.32 Å². The van der Waals surface area contributed by atoms with Crippen LogP contribution in [0.5, 0.6) is 0 Å². The molecule has 3 heteroatoms. The Morgan fingerprint density at radius 3 is 2.77 bits per heavy atom. The molecule has 2 heterocycles. The quantitative estimate of drug-likeness (QED) is 0.549. The van der Waals surface area contributed by atoms with Gasteiger partial charge in [0.25, 0.3) is 0 Å². The first-order chi connectivity index (χ1) is 6.09. The summed E-state index contributed by atoms with van der Waals surface area (Å²) in [4.78, 5) is 2.48. The van der Waals surface area contributed by atoms with Crippen LogP contribution in [0.3, 0.4) is 0 Å². The minimum Gasteiger partial charge on any atom is -0.278 e. The van der Waals surface area contributed by atoms with Crippen LogP contribution in [0.2, 0.25) is 0 Å². The molecule has 0 radical (unpaired) electrons. The first-order valence-corrected chi connectivity index (χ1v) is 5.22. The molecule has 0 aliphatic carbocycles. The molecule has 13 heavy (non-hydrogen) atoms. The molecule has 1 N–H and O–H groups in total. The summed E-state index contributed by atoms with van der Waals surface area (Å²) in [5, 5.41) is 3.51. The fourth-order valence-electron chi connectivity index (χ4n) is 2.15. The number of hydrogen-bond acceptors (Lipinski definition) is 2. The Balaban J connectivity index is 2.21. The van der Waals surface area contributed by atoms with Gasteiger partial charge in [-0.05, 0) is 20.8 Å². The number of nitrogens with one attached hydrogen (secondary N) is 1. The number of hydrogen-bond donors (Lipinski definition) is 1. The van der Waals surface area contributed by atoms with Crippen molar-refractivity contribution < 1.29 is 4.58 Å². The van der Waals surface area contributed by atoms with E-state index in [0.29, 0.717) is 0 Å². The van der Waals surface area contributed by atoms with Gasteiger partial charge in [-0.15, -0.1) is 0 Å². The Kier molecular flexibility index (Phi) is 1.97. The fourth-order valence-corrected chi connectivity index (χ4v) is 2.15. The smallest absolute Gasteiger partial charge is 0.278 e. The van der Waals surface area contributed by atoms with Gasteiger partial charge < -0.3 is 0 Å².